The molecule has 0 spiro atoms. The molecule has 1 heterocycles. The molecule has 0 atom stereocenters. The lowest BCUT2D eigenvalue weighted by atomic mass is 10.1. The number of carboxylic acid groups (broad SMARTS) is 1. The number of carbonyl (C=O) groups is 2. The van der Waals surface area contributed by atoms with Crippen LogP contribution in [0.5, 0.6) is 0 Å². The Morgan fingerprint density at radius 3 is 2.67 bits per heavy atom. The molecule has 5 heteroatoms. The van der Waals surface area contributed by atoms with Crippen LogP contribution in [-0.2, 0) is 9.59 Å². The van der Waals surface area contributed by atoms with Gasteiger partial charge in [0.2, 0.25) is 0 Å². The number of fused-ring (bicyclic) bond motifs is 1. The maximum Gasteiger partial charge on any atom is 0.376 e. The van der Waals surface area contributed by atoms with Crippen molar-refractivity contribution in [1.29, 1.82) is 0 Å². The van der Waals surface area contributed by atoms with Crippen LogP contribution in [0.25, 0.3) is 17.0 Å². The lowest BCUT2D eigenvalue weighted by Crippen LogP contribution is -2.09. The fraction of sp³-hybridized carbons (Fsp3) is 0. The van der Waals surface area contributed by atoms with Crippen molar-refractivity contribution in [3.63, 3.8) is 0 Å². The van der Waals surface area contributed by atoms with Gasteiger partial charge in [-0.1, -0.05) is 12.1 Å². The molecular weight excluding hydrogens is 236 g/mol. The average molecular weight is 244 g/mol. The summed E-state index contributed by atoms with van der Waals surface area (Å²) >= 11 is 0. The maximum absolute atomic E-state index is 11.9. The van der Waals surface area contributed by atoms with Gasteiger partial charge in [0.1, 0.15) is 11.8 Å². The Bertz CT molecular complexity index is 709. The van der Waals surface area contributed by atoms with Crippen molar-refractivity contribution in [3.05, 3.63) is 52.4 Å². The molecule has 1 N–H and O–H groups in total. The molecule has 2 rings (SSSR count). The third-order valence-electron chi connectivity index (χ3n) is 2.33. The fourth-order valence-corrected chi connectivity index (χ4v) is 1.44. The van der Waals surface area contributed by atoms with E-state index >= 15 is 0 Å². The van der Waals surface area contributed by atoms with Gasteiger partial charge in [0.15, 0.2) is 5.43 Å². The minimum absolute atomic E-state index is 0.128. The first-order chi connectivity index (χ1) is 8.59. The molecule has 0 bridgehead atoms. The van der Waals surface area contributed by atoms with E-state index in [2.05, 4.69) is 0 Å². The van der Waals surface area contributed by atoms with Crippen LogP contribution in [0.3, 0.4) is 0 Å². The van der Waals surface area contributed by atoms with Gasteiger partial charge in [-0.05, 0) is 24.3 Å². The molecule has 1 aromatic heterocycles. The van der Waals surface area contributed by atoms with Gasteiger partial charge in [0, 0.05) is 0 Å². The average Bonchev–Trinajstić information content (AvgIpc) is 2.38. The van der Waals surface area contributed by atoms with Crippen molar-refractivity contribution in [3.8, 4) is 0 Å². The summed E-state index contributed by atoms with van der Waals surface area (Å²) in [7, 11) is 0. The molecule has 0 fully saturated rings. The normalized spacial score (nSPS) is 10.9. The predicted octanol–water partition coefficient (Wildman–Crippen LogP) is 1.46. The summed E-state index contributed by atoms with van der Waals surface area (Å²) in [6.07, 6.45) is 3.15. The molecule has 90 valence electrons. The van der Waals surface area contributed by atoms with Crippen molar-refractivity contribution in [2.75, 3.05) is 0 Å². The molecule has 5 nitrogen and oxygen atoms in total. The second-order valence-corrected chi connectivity index (χ2v) is 3.52. The van der Waals surface area contributed by atoms with Gasteiger partial charge in [-0.2, -0.15) is 0 Å². The Hall–Kier alpha value is -2.69. The van der Waals surface area contributed by atoms with E-state index in [1.807, 2.05) is 0 Å². The van der Waals surface area contributed by atoms with E-state index in [-0.39, 0.29) is 11.0 Å². The fourth-order valence-electron chi connectivity index (χ4n) is 1.44. The van der Waals surface area contributed by atoms with E-state index in [1.165, 1.54) is 6.26 Å². The van der Waals surface area contributed by atoms with E-state index in [1.54, 1.807) is 24.3 Å². The summed E-state index contributed by atoms with van der Waals surface area (Å²) < 4.78 is 5.21. The third kappa shape index (κ3) is 2.20. The van der Waals surface area contributed by atoms with E-state index in [0.717, 1.165) is 12.2 Å². The highest BCUT2D eigenvalue weighted by Gasteiger charge is 2.08. The summed E-state index contributed by atoms with van der Waals surface area (Å²) in [5.41, 5.74) is 0.249. The summed E-state index contributed by atoms with van der Waals surface area (Å²) in [4.78, 5) is 33.1. The highest BCUT2D eigenvalue weighted by atomic mass is 16.4. The Morgan fingerprint density at radius 2 is 1.94 bits per heavy atom. The van der Waals surface area contributed by atoms with Crippen molar-refractivity contribution in [2.24, 2.45) is 0 Å². The quantitative estimate of drug-likeness (QED) is 0.652. The van der Waals surface area contributed by atoms with Crippen molar-refractivity contribution in [1.82, 2.24) is 0 Å². The summed E-state index contributed by atoms with van der Waals surface area (Å²) in [5, 5.41) is 8.78. The van der Waals surface area contributed by atoms with Crippen molar-refractivity contribution >= 4 is 28.8 Å². The number of benzene rings is 1. The Morgan fingerprint density at radius 1 is 1.22 bits per heavy atom. The van der Waals surface area contributed by atoms with Gasteiger partial charge in [0.05, 0.1) is 10.9 Å². The van der Waals surface area contributed by atoms with Crippen LogP contribution >= 0.6 is 0 Å². The predicted molar refractivity (Wildman–Crippen MR) is 64.2 cm³/mol. The van der Waals surface area contributed by atoms with Crippen LogP contribution < -0.4 is 5.43 Å². The molecule has 0 aliphatic carbocycles. The largest absolute Gasteiger partial charge is 0.475 e. The lowest BCUT2D eigenvalue weighted by Gasteiger charge is -1.97. The second kappa shape index (κ2) is 4.67. The third-order valence-corrected chi connectivity index (χ3v) is 2.33. The van der Waals surface area contributed by atoms with E-state index in [9.17, 15) is 14.4 Å². The maximum atomic E-state index is 11.9. The van der Waals surface area contributed by atoms with Crippen molar-refractivity contribution < 1.29 is 19.1 Å². The number of para-hydroxylation sites is 1. The van der Waals surface area contributed by atoms with Crippen LogP contribution in [-0.4, -0.2) is 16.9 Å². The number of hydrogen-bond acceptors (Lipinski definition) is 4. The van der Waals surface area contributed by atoms with E-state index < -0.39 is 11.8 Å². The molecule has 0 saturated heterocycles. The molecular formula is C13H8O5. The first kappa shape index (κ1) is 11.8. The van der Waals surface area contributed by atoms with Gasteiger partial charge >= 0.3 is 5.97 Å². The molecule has 0 amide bonds. The molecule has 1 aromatic carbocycles. The number of ketones is 1. The van der Waals surface area contributed by atoms with Gasteiger partial charge in [0.25, 0.3) is 5.78 Å². The highest BCUT2D eigenvalue weighted by Crippen LogP contribution is 2.11. The van der Waals surface area contributed by atoms with Crippen molar-refractivity contribution in [2.45, 2.75) is 0 Å². The van der Waals surface area contributed by atoms with E-state index in [0.29, 0.717) is 11.0 Å². The number of hydrogen-bond donors (Lipinski definition) is 1. The molecule has 0 saturated carbocycles. The van der Waals surface area contributed by atoms with Crippen LogP contribution in [0.4, 0.5) is 0 Å². The number of carbonyl (C=O) groups excluding carboxylic acids is 1. The number of carboxylic acids is 1. The Labute approximate surface area is 101 Å². The Kier molecular flexibility index (Phi) is 3.05. The van der Waals surface area contributed by atoms with Crippen LogP contribution in [0.2, 0.25) is 0 Å². The molecule has 18 heavy (non-hydrogen) atoms. The molecule has 0 radical (unpaired) electrons. The van der Waals surface area contributed by atoms with Gasteiger partial charge in [-0.3, -0.25) is 9.59 Å². The minimum Gasteiger partial charge on any atom is -0.475 e. The molecule has 0 aliphatic rings. The standard InChI is InChI=1S/C13H8O5/c14-10(13(16)17)6-5-8-7-18-11-4-2-1-3-9(11)12(8)15/h1-7H,(H,16,17)/b6-5+. The zero-order valence-corrected chi connectivity index (χ0v) is 9.12. The SMILES string of the molecule is O=C(O)C(=O)/C=C/c1coc2ccccc2c1=O. The van der Waals surface area contributed by atoms with E-state index in [4.69, 9.17) is 9.52 Å². The second-order valence-electron chi connectivity index (χ2n) is 3.52. The van der Waals surface area contributed by atoms with Gasteiger partial charge in [-0.25, -0.2) is 4.79 Å². The highest BCUT2D eigenvalue weighted by molar-refractivity contribution is 6.38. The first-order valence-corrected chi connectivity index (χ1v) is 5.05. The van der Waals surface area contributed by atoms with Crippen LogP contribution in [0, 0.1) is 0 Å². The van der Waals surface area contributed by atoms with Gasteiger partial charge in [-0.15, -0.1) is 0 Å². The topological polar surface area (TPSA) is 84.6 Å². The molecule has 0 aliphatic heterocycles. The zero-order valence-electron chi connectivity index (χ0n) is 9.12. The first-order valence-electron chi connectivity index (χ1n) is 5.05. The van der Waals surface area contributed by atoms with Crippen LogP contribution in [0.15, 0.2) is 45.8 Å². The smallest absolute Gasteiger partial charge is 0.376 e. The zero-order chi connectivity index (χ0) is 13.1. The minimum atomic E-state index is -1.57. The monoisotopic (exact) mass is 244 g/mol. The lowest BCUT2D eigenvalue weighted by molar-refractivity contribution is -0.146. The number of aliphatic carboxylic acids is 1. The molecule has 2 aromatic rings. The number of rotatable bonds is 3. The summed E-state index contributed by atoms with van der Waals surface area (Å²) in [6, 6.07) is 6.66. The van der Waals surface area contributed by atoms with Gasteiger partial charge < -0.3 is 9.52 Å². The Balaban J connectivity index is 2.47. The van der Waals surface area contributed by atoms with Crippen LogP contribution in [0.1, 0.15) is 5.56 Å². The summed E-state index contributed by atoms with van der Waals surface area (Å²) in [6.45, 7) is 0. The molecule has 0 unspecified atom stereocenters. The summed E-state index contributed by atoms with van der Waals surface area (Å²) in [5.74, 6) is -2.67.